The van der Waals surface area contributed by atoms with Gasteiger partial charge in [-0.3, -0.25) is 11.3 Å². The highest BCUT2D eigenvalue weighted by molar-refractivity contribution is 5.43. The highest BCUT2D eigenvalue weighted by atomic mass is 16.5. The molecule has 2 rings (SSSR count). The van der Waals surface area contributed by atoms with Gasteiger partial charge in [-0.25, -0.2) is 0 Å². The van der Waals surface area contributed by atoms with Gasteiger partial charge in [-0.05, 0) is 30.2 Å². The van der Waals surface area contributed by atoms with Crippen molar-refractivity contribution >= 4 is 0 Å². The van der Waals surface area contributed by atoms with Crippen LogP contribution in [-0.4, -0.2) is 7.11 Å². The first kappa shape index (κ1) is 14.4. The van der Waals surface area contributed by atoms with Gasteiger partial charge >= 0.3 is 0 Å². The molecule has 0 bridgehead atoms. The summed E-state index contributed by atoms with van der Waals surface area (Å²) in [5, 5.41) is 0. The summed E-state index contributed by atoms with van der Waals surface area (Å²) < 4.78 is 11.2. The largest absolute Gasteiger partial charge is 0.493 e. The molecule has 106 valence electrons. The molecule has 2 aromatic carbocycles. The summed E-state index contributed by atoms with van der Waals surface area (Å²) in [5.41, 5.74) is 4.89. The molecular weight excluding hydrogens is 252 g/mol. The van der Waals surface area contributed by atoms with Gasteiger partial charge < -0.3 is 9.47 Å². The quantitative estimate of drug-likeness (QED) is 0.627. The maximum absolute atomic E-state index is 5.81. The van der Waals surface area contributed by atoms with Crippen LogP contribution in [0, 0.1) is 0 Å². The fourth-order valence-corrected chi connectivity index (χ4v) is 1.90. The maximum atomic E-state index is 5.81. The SMILES string of the molecule is COc1cc(C(C)NN)ccc1OCc1ccccc1. The number of nitrogens with one attached hydrogen (secondary N) is 1. The van der Waals surface area contributed by atoms with Gasteiger partial charge in [0.25, 0.3) is 0 Å². The van der Waals surface area contributed by atoms with Gasteiger partial charge in [0.1, 0.15) is 6.61 Å². The van der Waals surface area contributed by atoms with Crippen LogP contribution < -0.4 is 20.7 Å². The monoisotopic (exact) mass is 272 g/mol. The molecule has 0 aromatic heterocycles. The molecule has 1 atom stereocenters. The summed E-state index contributed by atoms with van der Waals surface area (Å²) in [7, 11) is 1.63. The number of methoxy groups -OCH3 is 1. The number of hydrazine groups is 1. The first-order valence-electron chi connectivity index (χ1n) is 6.55. The van der Waals surface area contributed by atoms with E-state index in [1.54, 1.807) is 7.11 Å². The molecule has 0 aliphatic carbocycles. The number of hydrogen-bond donors (Lipinski definition) is 2. The van der Waals surface area contributed by atoms with E-state index in [1.165, 1.54) is 0 Å². The van der Waals surface area contributed by atoms with Gasteiger partial charge in [-0.15, -0.1) is 0 Å². The molecule has 4 nitrogen and oxygen atoms in total. The average molecular weight is 272 g/mol. The lowest BCUT2D eigenvalue weighted by Gasteiger charge is -2.15. The van der Waals surface area contributed by atoms with Gasteiger partial charge in [0.05, 0.1) is 7.11 Å². The third-order valence-electron chi connectivity index (χ3n) is 3.17. The Hall–Kier alpha value is -2.04. The number of rotatable bonds is 6. The number of benzene rings is 2. The van der Waals surface area contributed by atoms with E-state index >= 15 is 0 Å². The van der Waals surface area contributed by atoms with Crippen molar-refractivity contribution in [2.24, 2.45) is 5.84 Å². The van der Waals surface area contributed by atoms with Crippen LogP contribution in [0.1, 0.15) is 24.1 Å². The van der Waals surface area contributed by atoms with Crippen LogP contribution >= 0.6 is 0 Å². The molecule has 20 heavy (non-hydrogen) atoms. The van der Waals surface area contributed by atoms with Gasteiger partial charge in [0.2, 0.25) is 0 Å². The molecule has 0 saturated carbocycles. The molecule has 3 N–H and O–H groups in total. The Labute approximate surface area is 119 Å². The predicted molar refractivity (Wildman–Crippen MR) is 79.5 cm³/mol. The van der Waals surface area contributed by atoms with E-state index in [1.807, 2.05) is 55.5 Å². The third-order valence-corrected chi connectivity index (χ3v) is 3.17. The minimum atomic E-state index is 0.0621. The molecule has 1 unspecified atom stereocenters. The molecule has 0 spiro atoms. The summed E-state index contributed by atoms with van der Waals surface area (Å²) in [5.74, 6) is 6.88. The lowest BCUT2D eigenvalue weighted by Crippen LogP contribution is -2.25. The van der Waals surface area contributed by atoms with Crippen molar-refractivity contribution in [3.63, 3.8) is 0 Å². The standard InChI is InChI=1S/C16H20N2O2/c1-12(18-17)14-8-9-15(16(10-14)19-2)20-11-13-6-4-3-5-7-13/h3-10,12,18H,11,17H2,1-2H3. The summed E-state index contributed by atoms with van der Waals surface area (Å²) >= 11 is 0. The fourth-order valence-electron chi connectivity index (χ4n) is 1.90. The second-order valence-electron chi connectivity index (χ2n) is 4.57. The van der Waals surface area contributed by atoms with Gasteiger partial charge in [-0.2, -0.15) is 0 Å². The lowest BCUT2D eigenvalue weighted by molar-refractivity contribution is 0.284. The van der Waals surface area contributed by atoms with Crippen LogP contribution in [-0.2, 0) is 6.61 Å². The Morgan fingerprint density at radius 1 is 1.10 bits per heavy atom. The topological polar surface area (TPSA) is 56.5 Å². The van der Waals surface area contributed by atoms with Crippen LogP contribution in [0.4, 0.5) is 0 Å². The summed E-state index contributed by atoms with van der Waals surface area (Å²) in [6.45, 7) is 2.50. The second kappa shape index (κ2) is 6.93. The minimum Gasteiger partial charge on any atom is -0.493 e. The number of ether oxygens (including phenoxy) is 2. The highest BCUT2D eigenvalue weighted by Crippen LogP contribution is 2.30. The van der Waals surface area contributed by atoms with Crippen LogP contribution in [0.25, 0.3) is 0 Å². The summed E-state index contributed by atoms with van der Waals surface area (Å²) in [6.07, 6.45) is 0. The van der Waals surface area contributed by atoms with Gasteiger partial charge in [0.15, 0.2) is 11.5 Å². The van der Waals surface area contributed by atoms with E-state index in [0.29, 0.717) is 12.4 Å². The maximum Gasteiger partial charge on any atom is 0.161 e. The fraction of sp³-hybridized carbons (Fsp3) is 0.250. The smallest absolute Gasteiger partial charge is 0.161 e. The van der Waals surface area contributed by atoms with E-state index in [0.717, 1.165) is 16.9 Å². The molecule has 0 aliphatic heterocycles. The molecular formula is C16H20N2O2. The Morgan fingerprint density at radius 2 is 1.85 bits per heavy atom. The molecule has 4 heteroatoms. The molecule has 0 amide bonds. The lowest BCUT2D eigenvalue weighted by atomic mass is 10.1. The number of nitrogens with two attached hydrogens (primary N) is 1. The molecule has 2 aromatic rings. The van der Waals surface area contributed by atoms with Gasteiger partial charge in [0, 0.05) is 6.04 Å². The molecule has 0 saturated heterocycles. The van der Waals surface area contributed by atoms with Crippen molar-refractivity contribution in [3.05, 3.63) is 59.7 Å². The van der Waals surface area contributed by atoms with Gasteiger partial charge in [-0.1, -0.05) is 36.4 Å². The van der Waals surface area contributed by atoms with E-state index in [4.69, 9.17) is 15.3 Å². The van der Waals surface area contributed by atoms with Crippen molar-refractivity contribution in [2.75, 3.05) is 7.11 Å². The second-order valence-corrected chi connectivity index (χ2v) is 4.57. The van der Waals surface area contributed by atoms with Crippen LogP contribution in [0.2, 0.25) is 0 Å². The third kappa shape index (κ3) is 3.50. The Morgan fingerprint density at radius 3 is 2.50 bits per heavy atom. The van der Waals surface area contributed by atoms with Crippen molar-refractivity contribution in [1.29, 1.82) is 0 Å². The molecule has 0 aliphatic rings. The first-order valence-corrected chi connectivity index (χ1v) is 6.55. The number of hydrogen-bond acceptors (Lipinski definition) is 4. The van der Waals surface area contributed by atoms with E-state index in [2.05, 4.69) is 5.43 Å². The van der Waals surface area contributed by atoms with Crippen LogP contribution in [0.15, 0.2) is 48.5 Å². The zero-order chi connectivity index (χ0) is 14.4. The van der Waals surface area contributed by atoms with E-state index < -0.39 is 0 Å². The molecule has 0 radical (unpaired) electrons. The van der Waals surface area contributed by atoms with Crippen molar-refractivity contribution in [2.45, 2.75) is 19.6 Å². The van der Waals surface area contributed by atoms with Crippen LogP contribution in [0.3, 0.4) is 0 Å². The molecule has 0 heterocycles. The zero-order valence-electron chi connectivity index (χ0n) is 11.8. The summed E-state index contributed by atoms with van der Waals surface area (Å²) in [6, 6.07) is 15.9. The van der Waals surface area contributed by atoms with Crippen molar-refractivity contribution < 1.29 is 9.47 Å². The first-order chi connectivity index (χ1) is 9.74. The van der Waals surface area contributed by atoms with E-state index in [9.17, 15) is 0 Å². The summed E-state index contributed by atoms with van der Waals surface area (Å²) in [4.78, 5) is 0. The normalized spacial score (nSPS) is 11.9. The van der Waals surface area contributed by atoms with E-state index in [-0.39, 0.29) is 6.04 Å². The Bertz CT molecular complexity index is 543. The Balaban J connectivity index is 2.11. The average Bonchev–Trinajstić information content (AvgIpc) is 2.53. The predicted octanol–water partition coefficient (Wildman–Crippen LogP) is 2.80. The zero-order valence-corrected chi connectivity index (χ0v) is 11.8. The van der Waals surface area contributed by atoms with Crippen LogP contribution in [0.5, 0.6) is 11.5 Å². The highest BCUT2D eigenvalue weighted by Gasteiger charge is 2.09. The van der Waals surface area contributed by atoms with Crippen molar-refractivity contribution in [3.8, 4) is 11.5 Å². The minimum absolute atomic E-state index is 0.0621. The molecule has 0 fully saturated rings. The van der Waals surface area contributed by atoms with Crippen molar-refractivity contribution in [1.82, 2.24) is 5.43 Å². The Kier molecular flexibility index (Phi) is 4.98.